The highest BCUT2D eigenvalue weighted by Crippen LogP contribution is 2.39. The van der Waals surface area contributed by atoms with Gasteiger partial charge in [0.25, 0.3) is 0 Å². The molecule has 19 heavy (non-hydrogen) atoms. The van der Waals surface area contributed by atoms with E-state index < -0.39 is 0 Å². The first kappa shape index (κ1) is 12.4. The van der Waals surface area contributed by atoms with Crippen LogP contribution >= 0.6 is 11.6 Å². The number of ether oxygens (including phenoxy) is 1. The van der Waals surface area contributed by atoms with Crippen molar-refractivity contribution < 1.29 is 4.74 Å². The van der Waals surface area contributed by atoms with E-state index in [1.54, 1.807) is 6.07 Å². The SMILES string of the molecule is Cc1cc(Cl)c(OCC2CC2)c(-c2cc(N)n[nH]2)c1. The largest absolute Gasteiger partial charge is 0.491 e. The smallest absolute Gasteiger partial charge is 0.147 e. The quantitative estimate of drug-likeness (QED) is 0.900. The van der Waals surface area contributed by atoms with Crippen LogP contribution in [0.15, 0.2) is 18.2 Å². The first-order valence-corrected chi connectivity index (χ1v) is 6.75. The lowest BCUT2D eigenvalue weighted by atomic mass is 10.1. The van der Waals surface area contributed by atoms with Crippen LogP contribution in [0.5, 0.6) is 5.75 Å². The maximum atomic E-state index is 6.30. The normalized spacial score (nSPS) is 14.6. The highest BCUT2D eigenvalue weighted by molar-refractivity contribution is 6.32. The van der Waals surface area contributed by atoms with Gasteiger partial charge in [-0.25, -0.2) is 0 Å². The molecule has 4 nitrogen and oxygen atoms in total. The first-order chi connectivity index (χ1) is 9.13. The molecular weight excluding hydrogens is 262 g/mol. The van der Waals surface area contributed by atoms with Crippen LogP contribution in [0.1, 0.15) is 18.4 Å². The van der Waals surface area contributed by atoms with Gasteiger partial charge >= 0.3 is 0 Å². The van der Waals surface area contributed by atoms with Crippen LogP contribution in [0, 0.1) is 12.8 Å². The molecule has 0 spiro atoms. The molecule has 0 aliphatic heterocycles. The Morgan fingerprint density at radius 3 is 2.84 bits per heavy atom. The molecule has 0 bridgehead atoms. The number of rotatable bonds is 4. The minimum Gasteiger partial charge on any atom is -0.491 e. The van der Waals surface area contributed by atoms with Gasteiger partial charge in [-0.3, -0.25) is 5.10 Å². The number of aromatic amines is 1. The van der Waals surface area contributed by atoms with Gasteiger partial charge in [0.05, 0.1) is 17.3 Å². The van der Waals surface area contributed by atoms with Crippen molar-refractivity contribution in [1.82, 2.24) is 10.2 Å². The van der Waals surface area contributed by atoms with Gasteiger partial charge in [-0.2, -0.15) is 5.10 Å². The van der Waals surface area contributed by atoms with Crippen LogP contribution in [0.25, 0.3) is 11.3 Å². The van der Waals surface area contributed by atoms with E-state index in [4.69, 9.17) is 22.1 Å². The summed E-state index contributed by atoms with van der Waals surface area (Å²) in [4.78, 5) is 0. The van der Waals surface area contributed by atoms with Crippen molar-refractivity contribution >= 4 is 17.4 Å². The monoisotopic (exact) mass is 277 g/mol. The Hall–Kier alpha value is -1.68. The van der Waals surface area contributed by atoms with Crippen molar-refractivity contribution in [2.24, 2.45) is 5.92 Å². The topological polar surface area (TPSA) is 63.9 Å². The molecule has 0 atom stereocenters. The fourth-order valence-electron chi connectivity index (χ4n) is 2.04. The molecule has 1 heterocycles. The van der Waals surface area contributed by atoms with Gasteiger partial charge in [0, 0.05) is 11.6 Å². The lowest BCUT2D eigenvalue weighted by molar-refractivity contribution is 0.301. The van der Waals surface area contributed by atoms with E-state index in [9.17, 15) is 0 Å². The van der Waals surface area contributed by atoms with Crippen molar-refractivity contribution in [3.8, 4) is 17.0 Å². The molecule has 0 amide bonds. The molecule has 2 aromatic rings. The van der Waals surface area contributed by atoms with Crippen LogP contribution in [-0.2, 0) is 0 Å². The van der Waals surface area contributed by atoms with E-state index in [-0.39, 0.29) is 0 Å². The molecule has 0 radical (unpaired) electrons. The number of nitrogens with two attached hydrogens (primary N) is 1. The lowest BCUT2D eigenvalue weighted by Gasteiger charge is -2.13. The number of halogens is 1. The number of nitrogens with one attached hydrogen (secondary N) is 1. The molecule has 1 aliphatic carbocycles. The zero-order valence-electron chi connectivity index (χ0n) is 10.7. The number of hydrogen-bond acceptors (Lipinski definition) is 3. The summed E-state index contributed by atoms with van der Waals surface area (Å²) in [5.41, 5.74) is 8.47. The number of hydrogen-bond donors (Lipinski definition) is 2. The molecule has 1 aliphatic rings. The zero-order valence-corrected chi connectivity index (χ0v) is 11.5. The minimum absolute atomic E-state index is 0.459. The number of nitrogens with zero attached hydrogens (tertiary/aromatic N) is 1. The van der Waals surface area contributed by atoms with Crippen LogP contribution in [-0.4, -0.2) is 16.8 Å². The number of nitrogen functional groups attached to an aromatic ring is 1. The Bertz CT molecular complexity index is 605. The summed E-state index contributed by atoms with van der Waals surface area (Å²) in [6.07, 6.45) is 2.49. The summed E-state index contributed by atoms with van der Waals surface area (Å²) in [6.45, 7) is 2.72. The fraction of sp³-hybridized carbons (Fsp3) is 0.357. The Kier molecular flexibility index (Phi) is 3.11. The van der Waals surface area contributed by atoms with Crippen LogP contribution < -0.4 is 10.5 Å². The fourth-order valence-corrected chi connectivity index (χ4v) is 2.37. The molecule has 3 rings (SSSR count). The van der Waals surface area contributed by atoms with Crippen LogP contribution in [0.3, 0.4) is 0 Å². The van der Waals surface area contributed by atoms with E-state index in [1.165, 1.54) is 12.8 Å². The third kappa shape index (κ3) is 2.68. The number of benzene rings is 1. The maximum Gasteiger partial charge on any atom is 0.147 e. The van der Waals surface area contributed by atoms with Gasteiger partial charge in [0.1, 0.15) is 11.6 Å². The predicted molar refractivity (Wildman–Crippen MR) is 76.4 cm³/mol. The van der Waals surface area contributed by atoms with Crippen molar-refractivity contribution in [1.29, 1.82) is 0 Å². The third-order valence-electron chi connectivity index (χ3n) is 3.24. The molecule has 1 aromatic heterocycles. The Morgan fingerprint density at radius 2 is 2.21 bits per heavy atom. The van der Waals surface area contributed by atoms with Gasteiger partial charge < -0.3 is 10.5 Å². The standard InChI is InChI=1S/C14H16ClN3O/c1-8-4-10(12-6-13(16)18-17-12)14(11(15)5-8)19-7-9-2-3-9/h4-6,9H,2-3,7H2,1H3,(H3,16,17,18). The van der Waals surface area contributed by atoms with Gasteiger partial charge in [-0.15, -0.1) is 0 Å². The molecule has 100 valence electrons. The number of anilines is 1. The third-order valence-corrected chi connectivity index (χ3v) is 3.52. The highest BCUT2D eigenvalue weighted by atomic mass is 35.5. The Labute approximate surface area is 116 Å². The zero-order chi connectivity index (χ0) is 13.4. The molecule has 0 unspecified atom stereocenters. The molecule has 1 aromatic carbocycles. The number of H-pyrrole nitrogens is 1. The summed E-state index contributed by atoms with van der Waals surface area (Å²) in [5.74, 6) is 1.85. The second-order valence-electron chi connectivity index (χ2n) is 5.08. The van der Waals surface area contributed by atoms with Crippen LogP contribution in [0.2, 0.25) is 5.02 Å². The average molecular weight is 278 g/mol. The first-order valence-electron chi connectivity index (χ1n) is 6.37. The lowest BCUT2D eigenvalue weighted by Crippen LogP contribution is -2.01. The Morgan fingerprint density at radius 1 is 1.42 bits per heavy atom. The van der Waals surface area contributed by atoms with Crippen molar-refractivity contribution in [3.63, 3.8) is 0 Å². The summed E-state index contributed by atoms with van der Waals surface area (Å²) in [7, 11) is 0. The second kappa shape index (κ2) is 4.78. The predicted octanol–water partition coefficient (Wildman–Crippen LogP) is 3.41. The molecular formula is C14H16ClN3O. The Balaban J connectivity index is 1.99. The van der Waals surface area contributed by atoms with E-state index in [1.807, 2.05) is 19.1 Å². The molecule has 3 N–H and O–H groups in total. The summed E-state index contributed by atoms with van der Waals surface area (Å²) in [6, 6.07) is 5.73. The average Bonchev–Trinajstić information content (AvgIpc) is 3.08. The molecule has 1 saturated carbocycles. The van der Waals surface area contributed by atoms with Crippen molar-refractivity contribution in [2.75, 3.05) is 12.3 Å². The van der Waals surface area contributed by atoms with Crippen molar-refractivity contribution in [3.05, 3.63) is 28.8 Å². The molecule has 0 saturated heterocycles. The van der Waals surface area contributed by atoms with E-state index >= 15 is 0 Å². The summed E-state index contributed by atoms with van der Waals surface area (Å²) >= 11 is 6.30. The summed E-state index contributed by atoms with van der Waals surface area (Å²) < 4.78 is 5.89. The van der Waals surface area contributed by atoms with E-state index in [0.717, 1.165) is 23.4 Å². The highest BCUT2D eigenvalue weighted by Gasteiger charge is 2.23. The van der Waals surface area contributed by atoms with Gasteiger partial charge in [-0.05, 0) is 43.4 Å². The summed E-state index contributed by atoms with van der Waals surface area (Å²) in [5, 5.41) is 7.49. The maximum absolute atomic E-state index is 6.30. The number of aryl methyl sites for hydroxylation is 1. The second-order valence-corrected chi connectivity index (χ2v) is 5.49. The van der Waals surface area contributed by atoms with Crippen LogP contribution in [0.4, 0.5) is 5.82 Å². The van der Waals surface area contributed by atoms with E-state index in [0.29, 0.717) is 22.5 Å². The van der Waals surface area contributed by atoms with Gasteiger partial charge in [0.15, 0.2) is 0 Å². The minimum atomic E-state index is 0.459. The number of aromatic nitrogens is 2. The van der Waals surface area contributed by atoms with Gasteiger partial charge in [0.2, 0.25) is 0 Å². The van der Waals surface area contributed by atoms with E-state index in [2.05, 4.69) is 10.2 Å². The van der Waals surface area contributed by atoms with Crippen molar-refractivity contribution in [2.45, 2.75) is 19.8 Å². The molecule has 5 heteroatoms. The molecule has 1 fully saturated rings. The van der Waals surface area contributed by atoms with Gasteiger partial charge in [-0.1, -0.05) is 11.6 Å².